The second kappa shape index (κ2) is 5.15. The van der Waals surface area contributed by atoms with Gasteiger partial charge < -0.3 is 4.74 Å². The lowest BCUT2D eigenvalue weighted by Crippen LogP contribution is -2.22. The van der Waals surface area contributed by atoms with E-state index in [-0.39, 0.29) is 5.60 Å². The van der Waals surface area contributed by atoms with Gasteiger partial charge >= 0.3 is 0 Å². The third-order valence-corrected chi connectivity index (χ3v) is 2.90. The van der Waals surface area contributed by atoms with E-state index in [1.165, 1.54) is 0 Å². The molecule has 0 saturated carbocycles. The molecule has 0 saturated heterocycles. The molecule has 0 radical (unpaired) electrons. The third kappa shape index (κ3) is 3.98. The number of hydrogen-bond acceptors (Lipinski definition) is 2. The summed E-state index contributed by atoms with van der Waals surface area (Å²) >= 11 is 11.6. The van der Waals surface area contributed by atoms with Crippen LogP contribution in [0.1, 0.15) is 32.8 Å². The first-order valence-electron chi connectivity index (χ1n) is 4.89. The largest absolute Gasteiger partial charge is 0.371 e. The van der Waals surface area contributed by atoms with Gasteiger partial charge in [-0.05, 0) is 26.3 Å². The van der Waals surface area contributed by atoms with E-state index in [0.29, 0.717) is 16.9 Å². The summed E-state index contributed by atoms with van der Waals surface area (Å²) in [6.45, 7) is 6.64. The number of halogens is 2. The third-order valence-electron chi connectivity index (χ3n) is 2.36. The van der Waals surface area contributed by atoms with Gasteiger partial charge in [0.15, 0.2) is 0 Å². The van der Waals surface area contributed by atoms with Crippen LogP contribution in [0.15, 0.2) is 12.1 Å². The lowest BCUT2D eigenvalue weighted by molar-refractivity contribution is -0.0316. The molecule has 0 fully saturated rings. The monoisotopic (exact) mass is 247 g/mol. The van der Waals surface area contributed by atoms with Crippen molar-refractivity contribution in [2.45, 2.75) is 39.4 Å². The van der Waals surface area contributed by atoms with Crippen LogP contribution in [0, 0.1) is 0 Å². The number of pyridine rings is 1. The topological polar surface area (TPSA) is 22.1 Å². The van der Waals surface area contributed by atoms with Crippen LogP contribution < -0.4 is 0 Å². The highest BCUT2D eigenvalue weighted by Gasteiger charge is 2.16. The van der Waals surface area contributed by atoms with Crippen molar-refractivity contribution < 1.29 is 4.74 Å². The lowest BCUT2D eigenvalue weighted by atomic mass is 10.1. The van der Waals surface area contributed by atoms with Gasteiger partial charge in [0.1, 0.15) is 10.3 Å². The Labute approximate surface area is 101 Å². The molecule has 4 heteroatoms. The Balaban J connectivity index is 2.66. The molecule has 0 amide bonds. The molecule has 1 aromatic rings. The van der Waals surface area contributed by atoms with E-state index >= 15 is 0 Å². The molecule has 84 valence electrons. The predicted octanol–water partition coefficient (Wildman–Crippen LogP) is 4.09. The summed E-state index contributed by atoms with van der Waals surface area (Å²) in [5.41, 5.74) is 0.728. The second-order valence-corrected chi connectivity index (χ2v) is 4.73. The van der Waals surface area contributed by atoms with Crippen LogP contribution in [0.5, 0.6) is 0 Å². The molecule has 0 aliphatic carbocycles. The fourth-order valence-corrected chi connectivity index (χ4v) is 1.32. The fourth-order valence-electron chi connectivity index (χ4n) is 0.924. The summed E-state index contributed by atoms with van der Waals surface area (Å²) < 4.78 is 5.72. The van der Waals surface area contributed by atoms with Crippen LogP contribution in [0.2, 0.25) is 10.3 Å². The van der Waals surface area contributed by atoms with E-state index in [9.17, 15) is 0 Å². The average Bonchev–Trinajstić information content (AvgIpc) is 2.16. The zero-order chi connectivity index (χ0) is 11.5. The molecule has 15 heavy (non-hydrogen) atoms. The number of aromatic nitrogens is 1. The normalized spacial score (nSPS) is 11.8. The summed E-state index contributed by atoms with van der Waals surface area (Å²) in [7, 11) is 0. The van der Waals surface area contributed by atoms with Gasteiger partial charge in [0.25, 0.3) is 0 Å². The molecule has 0 aromatic carbocycles. The minimum atomic E-state index is -0.136. The lowest BCUT2D eigenvalue weighted by Gasteiger charge is -2.23. The van der Waals surface area contributed by atoms with Crippen LogP contribution in [0.4, 0.5) is 0 Å². The van der Waals surface area contributed by atoms with Crippen LogP contribution in [-0.2, 0) is 11.3 Å². The van der Waals surface area contributed by atoms with Crippen molar-refractivity contribution in [2.24, 2.45) is 0 Å². The molecule has 0 bridgehead atoms. The molecule has 1 aromatic heterocycles. The van der Waals surface area contributed by atoms with Gasteiger partial charge in [-0.3, -0.25) is 0 Å². The number of ether oxygens (including phenoxy) is 1. The maximum Gasteiger partial charge on any atom is 0.136 e. The number of hydrogen-bond donors (Lipinski definition) is 0. The second-order valence-electron chi connectivity index (χ2n) is 3.99. The van der Waals surface area contributed by atoms with Crippen molar-refractivity contribution in [2.75, 3.05) is 0 Å². The Bertz CT molecular complexity index is 339. The molecule has 0 atom stereocenters. The maximum atomic E-state index is 5.93. The molecule has 0 unspecified atom stereocenters. The van der Waals surface area contributed by atoms with Crippen LogP contribution in [0.25, 0.3) is 0 Å². The first-order valence-corrected chi connectivity index (χ1v) is 5.65. The molecule has 0 aliphatic heterocycles. The van der Waals surface area contributed by atoms with Crippen molar-refractivity contribution in [1.82, 2.24) is 4.98 Å². The molecule has 0 aliphatic rings. The summed E-state index contributed by atoms with van der Waals surface area (Å²) in [5, 5.41) is 0.813. The summed E-state index contributed by atoms with van der Waals surface area (Å²) in [6, 6.07) is 3.55. The minimum absolute atomic E-state index is 0.136. The molecular formula is C11H15Cl2NO. The molecule has 0 spiro atoms. The minimum Gasteiger partial charge on any atom is -0.371 e. The van der Waals surface area contributed by atoms with Gasteiger partial charge in [-0.2, -0.15) is 0 Å². The zero-order valence-electron chi connectivity index (χ0n) is 9.18. The highest BCUT2D eigenvalue weighted by atomic mass is 35.5. The number of nitrogens with zero attached hydrogens (tertiary/aromatic N) is 1. The summed E-state index contributed by atoms with van der Waals surface area (Å²) in [5.74, 6) is 0. The van der Waals surface area contributed by atoms with E-state index in [1.54, 1.807) is 6.07 Å². The molecular weight excluding hydrogens is 233 g/mol. The Morgan fingerprint density at radius 2 is 2.00 bits per heavy atom. The molecule has 0 N–H and O–H groups in total. The number of rotatable bonds is 4. The van der Waals surface area contributed by atoms with Crippen molar-refractivity contribution in [1.29, 1.82) is 0 Å². The first kappa shape index (κ1) is 12.8. The summed E-state index contributed by atoms with van der Waals surface area (Å²) in [6.07, 6.45) is 0.950. The van der Waals surface area contributed by atoms with Gasteiger partial charge in [0.05, 0.1) is 12.2 Å². The van der Waals surface area contributed by atoms with E-state index in [2.05, 4.69) is 11.9 Å². The summed E-state index contributed by atoms with van der Waals surface area (Å²) in [4.78, 5) is 3.95. The van der Waals surface area contributed by atoms with Gasteiger partial charge in [0.2, 0.25) is 0 Å². The maximum absolute atomic E-state index is 5.93. The van der Waals surface area contributed by atoms with Crippen molar-refractivity contribution >= 4 is 23.2 Å². The molecule has 1 rings (SSSR count). The van der Waals surface area contributed by atoms with E-state index in [0.717, 1.165) is 12.0 Å². The van der Waals surface area contributed by atoms with E-state index in [1.807, 2.05) is 19.9 Å². The van der Waals surface area contributed by atoms with Crippen molar-refractivity contribution in [3.63, 3.8) is 0 Å². The first-order chi connectivity index (χ1) is 6.94. The SMILES string of the molecule is CCC(C)(C)OCc1ccc(Cl)nc1Cl. The average molecular weight is 248 g/mol. The van der Waals surface area contributed by atoms with Crippen LogP contribution in [0.3, 0.4) is 0 Å². The van der Waals surface area contributed by atoms with Gasteiger partial charge in [-0.25, -0.2) is 4.98 Å². The van der Waals surface area contributed by atoms with Gasteiger partial charge in [-0.1, -0.05) is 36.2 Å². The van der Waals surface area contributed by atoms with E-state index in [4.69, 9.17) is 27.9 Å². The highest BCUT2D eigenvalue weighted by Crippen LogP contribution is 2.21. The quantitative estimate of drug-likeness (QED) is 0.748. The van der Waals surface area contributed by atoms with Crippen molar-refractivity contribution in [3.05, 3.63) is 28.0 Å². The molecule has 2 nitrogen and oxygen atoms in total. The Hall–Kier alpha value is -0.310. The van der Waals surface area contributed by atoms with E-state index < -0.39 is 0 Å². The van der Waals surface area contributed by atoms with Crippen LogP contribution >= 0.6 is 23.2 Å². The highest BCUT2D eigenvalue weighted by molar-refractivity contribution is 6.32. The standard InChI is InChI=1S/C11H15Cl2NO/c1-4-11(2,3)15-7-8-5-6-9(12)14-10(8)13/h5-6H,4,7H2,1-3H3. The van der Waals surface area contributed by atoms with Crippen LogP contribution in [-0.4, -0.2) is 10.6 Å². The van der Waals surface area contributed by atoms with Crippen molar-refractivity contribution in [3.8, 4) is 0 Å². The zero-order valence-corrected chi connectivity index (χ0v) is 10.7. The molecule has 1 heterocycles. The Morgan fingerprint density at radius 3 is 2.53 bits per heavy atom. The predicted molar refractivity (Wildman–Crippen MR) is 63.4 cm³/mol. The Kier molecular flexibility index (Phi) is 4.38. The fraction of sp³-hybridized carbons (Fsp3) is 0.545. The smallest absolute Gasteiger partial charge is 0.136 e. The van der Waals surface area contributed by atoms with Gasteiger partial charge in [0, 0.05) is 5.56 Å². The van der Waals surface area contributed by atoms with Gasteiger partial charge in [-0.15, -0.1) is 0 Å². The Morgan fingerprint density at radius 1 is 1.33 bits per heavy atom.